The predicted molar refractivity (Wildman–Crippen MR) is 79.1 cm³/mol. The van der Waals surface area contributed by atoms with E-state index >= 15 is 0 Å². The number of carbonyl (C=O) groups excluding carboxylic acids is 1. The van der Waals surface area contributed by atoms with Crippen molar-refractivity contribution in [2.45, 2.75) is 26.7 Å². The molecule has 0 fully saturated rings. The molecule has 0 spiro atoms. The van der Waals surface area contributed by atoms with Crippen LogP contribution in [0.5, 0.6) is 0 Å². The number of imidazole rings is 1. The van der Waals surface area contributed by atoms with Gasteiger partial charge in [0.2, 0.25) is 5.91 Å². The van der Waals surface area contributed by atoms with Crippen molar-refractivity contribution in [1.82, 2.24) is 14.5 Å². The molecular weight excluding hydrogens is 240 g/mol. The summed E-state index contributed by atoms with van der Waals surface area (Å²) in [5, 5.41) is 0. The molecular formula is C14H24N4O. The molecule has 1 aromatic heterocycles. The molecule has 0 atom stereocenters. The van der Waals surface area contributed by atoms with Crippen LogP contribution in [-0.4, -0.2) is 34.5 Å². The summed E-state index contributed by atoms with van der Waals surface area (Å²) in [5.41, 5.74) is 6.88. The molecule has 0 bridgehead atoms. The minimum absolute atomic E-state index is 0.327. The van der Waals surface area contributed by atoms with Crippen LogP contribution >= 0.6 is 0 Å². The molecule has 0 aliphatic carbocycles. The van der Waals surface area contributed by atoms with Crippen molar-refractivity contribution in [2.24, 2.45) is 5.73 Å². The summed E-state index contributed by atoms with van der Waals surface area (Å²) in [6.45, 7) is 7.38. The first-order valence-corrected chi connectivity index (χ1v) is 6.20. The summed E-state index contributed by atoms with van der Waals surface area (Å²) in [4.78, 5) is 16.6. The fourth-order valence-corrected chi connectivity index (χ4v) is 1.50. The maximum atomic E-state index is 10.9. The Kier molecular flexibility index (Phi) is 8.00. The van der Waals surface area contributed by atoms with Gasteiger partial charge in [0.25, 0.3) is 0 Å². The van der Waals surface area contributed by atoms with Crippen molar-refractivity contribution in [1.29, 1.82) is 0 Å². The van der Waals surface area contributed by atoms with Gasteiger partial charge in [-0.1, -0.05) is 19.9 Å². The van der Waals surface area contributed by atoms with Crippen molar-refractivity contribution in [2.75, 3.05) is 14.1 Å². The Labute approximate surface area is 115 Å². The Hall–Kier alpha value is -2.04. The SMILES string of the molecule is C=Cn1ccnc1.CCC/C(=C(/C)C(N)=O)N(C)C. The number of allylic oxidation sites excluding steroid dienone is 1. The summed E-state index contributed by atoms with van der Waals surface area (Å²) in [7, 11) is 3.86. The Bertz CT molecular complexity index is 419. The van der Waals surface area contributed by atoms with Crippen LogP contribution in [0.25, 0.3) is 6.20 Å². The lowest BCUT2D eigenvalue weighted by atomic mass is 10.1. The van der Waals surface area contributed by atoms with E-state index < -0.39 is 0 Å². The number of hydrogen-bond donors (Lipinski definition) is 1. The van der Waals surface area contributed by atoms with E-state index in [1.54, 1.807) is 30.2 Å². The highest BCUT2D eigenvalue weighted by Crippen LogP contribution is 2.12. The van der Waals surface area contributed by atoms with Crippen LogP contribution in [0.3, 0.4) is 0 Å². The molecule has 0 aliphatic rings. The Morgan fingerprint density at radius 2 is 2.16 bits per heavy atom. The van der Waals surface area contributed by atoms with Crippen molar-refractivity contribution in [3.8, 4) is 0 Å². The minimum atomic E-state index is -0.327. The molecule has 1 rings (SSSR count). The van der Waals surface area contributed by atoms with Gasteiger partial charge in [0.15, 0.2) is 0 Å². The van der Waals surface area contributed by atoms with Gasteiger partial charge < -0.3 is 15.2 Å². The largest absolute Gasteiger partial charge is 0.381 e. The van der Waals surface area contributed by atoms with E-state index in [1.165, 1.54) is 0 Å². The zero-order chi connectivity index (χ0) is 14.8. The molecule has 0 aliphatic heterocycles. The number of nitrogens with zero attached hydrogens (tertiary/aromatic N) is 3. The Morgan fingerprint density at radius 1 is 1.53 bits per heavy atom. The van der Waals surface area contributed by atoms with Crippen molar-refractivity contribution >= 4 is 12.1 Å². The Balaban J connectivity index is 0.000000388. The van der Waals surface area contributed by atoms with Crippen LogP contribution < -0.4 is 5.73 Å². The molecule has 106 valence electrons. The van der Waals surface area contributed by atoms with E-state index in [4.69, 9.17) is 5.73 Å². The van der Waals surface area contributed by atoms with E-state index in [0.29, 0.717) is 5.57 Å². The average Bonchev–Trinajstić information content (AvgIpc) is 2.88. The smallest absolute Gasteiger partial charge is 0.246 e. The maximum Gasteiger partial charge on any atom is 0.246 e. The number of amides is 1. The lowest BCUT2D eigenvalue weighted by Crippen LogP contribution is -2.20. The second kappa shape index (κ2) is 8.97. The first-order chi connectivity index (χ1) is 8.93. The topological polar surface area (TPSA) is 64.2 Å². The van der Waals surface area contributed by atoms with Crippen molar-refractivity contribution in [3.63, 3.8) is 0 Å². The second-order valence-corrected chi connectivity index (χ2v) is 4.27. The lowest BCUT2D eigenvalue weighted by Gasteiger charge is -2.18. The van der Waals surface area contributed by atoms with Crippen LogP contribution in [0.4, 0.5) is 0 Å². The molecule has 1 aromatic rings. The summed E-state index contributed by atoms with van der Waals surface area (Å²) in [5.74, 6) is -0.327. The molecule has 2 N–H and O–H groups in total. The van der Waals surface area contributed by atoms with Gasteiger partial charge in [-0.15, -0.1) is 0 Å². The van der Waals surface area contributed by atoms with Gasteiger partial charge in [-0.2, -0.15) is 0 Å². The van der Waals surface area contributed by atoms with E-state index in [-0.39, 0.29) is 5.91 Å². The van der Waals surface area contributed by atoms with E-state index in [1.807, 2.05) is 25.2 Å². The first kappa shape index (κ1) is 17.0. The lowest BCUT2D eigenvalue weighted by molar-refractivity contribution is -0.114. The molecule has 1 heterocycles. The highest BCUT2D eigenvalue weighted by molar-refractivity contribution is 5.91. The molecule has 0 saturated carbocycles. The van der Waals surface area contributed by atoms with Crippen molar-refractivity contribution in [3.05, 3.63) is 36.6 Å². The predicted octanol–water partition coefficient (Wildman–Crippen LogP) is 2.09. The standard InChI is InChI=1S/C9H18N2O.C5H6N2/c1-5-6-8(11(3)4)7(2)9(10)12;1-2-7-4-3-6-5-7/h5-6H2,1-4H3,(H2,10,12);2-5H,1H2/b8-7+;. The molecule has 0 aromatic carbocycles. The first-order valence-electron chi connectivity index (χ1n) is 6.20. The molecule has 19 heavy (non-hydrogen) atoms. The summed E-state index contributed by atoms with van der Waals surface area (Å²) in [6.07, 6.45) is 8.84. The van der Waals surface area contributed by atoms with Gasteiger partial charge in [0.05, 0.1) is 6.33 Å². The van der Waals surface area contributed by atoms with E-state index in [0.717, 1.165) is 18.5 Å². The normalized spacial score (nSPS) is 10.9. The minimum Gasteiger partial charge on any atom is -0.381 e. The van der Waals surface area contributed by atoms with Crippen LogP contribution in [-0.2, 0) is 4.79 Å². The summed E-state index contributed by atoms with van der Waals surface area (Å²) < 4.78 is 1.78. The molecule has 0 unspecified atom stereocenters. The molecule has 0 radical (unpaired) electrons. The third-order valence-corrected chi connectivity index (χ3v) is 2.56. The van der Waals surface area contributed by atoms with Gasteiger partial charge in [-0.05, 0) is 13.3 Å². The zero-order valence-corrected chi connectivity index (χ0v) is 12.3. The molecule has 0 saturated heterocycles. The van der Waals surface area contributed by atoms with Crippen LogP contribution in [0.1, 0.15) is 26.7 Å². The van der Waals surface area contributed by atoms with Crippen LogP contribution in [0.2, 0.25) is 0 Å². The summed E-state index contributed by atoms with van der Waals surface area (Å²) >= 11 is 0. The number of carbonyl (C=O) groups is 1. The molecule has 5 nitrogen and oxygen atoms in total. The number of primary amides is 1. The highest BCUT2D eigenvalue weighted by Gasteiger charge is 2.07. The fourth-order valence-electron chi connectivity index (χ4n) is 1.50. The van der Waals surface area contributed by atoms with Gasteiger partial charge in [0.1, 0.15) is 0 Å². The fraction of sp³-hybridized carbons (Fsp3) is 0.429. The monoisotopic (exact) mass is 264 g/mol. The average molecular weight is 264 g/mol. The highest BCUT2D eigenvalue weighted by atomic mass is 16.1. The zero-order valence-electron chi connectivity index (χ0n) is 12.3. The van der Waals surface area contributed by atoms with Gasteiger partial charge >= 0.3 is 0 Å². The molecule has 1 amide bonds. The number of aromatic nitrogens is 2. The maximum absolute atomic E-state index is 10.9. The van der Waals surface area contributed by atoms with Crippen LogP contribution in [0.15, 0.2) is 36.6 Å². The Morgan fingerprint density at radius 3 is 2.42 bits per heavy atom. The number of nitrogens with two attached hydrogens (primary N) is 1. The van der Waals surface area contributed by atoms with E-state index in [2.05, 4.69) is 18.5 Å². The number of hydrogen-bond acceptors (Lipinski definition) is 3. The van der Waals surface area contributed by atoms with Gasteiger partial charge in [-0.3, -0.25) is 4.79 Å². The van der Waals surface area contributed by atoms with Crippen LogP contribution in [0, 0.1) is 0 Å². The quantitative estimate of drug-likeness (QED) is 0.828. The third-order valence-electron chi connectivity index (χ3n) is 2.56. The third kappa shape index (κ3) is 6.45. The molecule has 5 heteroatoms. The van der Waals surface area contributed by atoms with Crippen molar-refractivity contribution < 1.29 is 4.79 Å². The summed E-state index contributed by atoms with van der Waals surface area (Å²) in [6, 6.07) is 0. The van der Waals surface area contributed by atoms with E-state index in [9.17, 15) is 4.79 Å². The van der Waals surface area contributed by atoms with Gasteiger partial charge in [-0.25, -0.2) is 4.98 Å². The van der Waals surface area contributed by atoms with Gasteiger partial charge in [0, 0.05) is 44.0 Å². The second-order valence-electron chi connectivity index (χ2n) is 4.27. The number of rotatable bonds is 5.